The molecule has 1 fully saturated rings. The molecule has 0 aliphatic carbocycles. The van der Waals surface area contributed by atoms with Gasteiger partial charge in [0.2, 0.25) is 0 Å². The molecule has 1 saturated heterocycles. The van der Waals surface area contributed by atoms with Gasteiger partial charge in [0.25, 0.3) is 0 Å². The molecule has 12 heteroatoms. The number of pyridine rings is 1. The largest absolute Gasteiger partial charge is 0.507 e. The lowest BCUT2D eigenvalue weighted by atomic mass is 10.0. The molecule has 7 nitrogen and oxygen atoms in total. The Morgan fingerprint density at radius 1 is 1.18 bits per heavy atom. The van der Waals surface area contributed by atoms with Crippen LogP contribution in [0, 0.1) is 0 Å². The SMILES string of the molecule is Oc1cc(C(F)(F)F)ccc1-c1nnc(N[C@@H]2CCCN(CCOC(F)F)C2)c2cnccc12. The lowest BCUT2D eigenvalue weighted by Crippen LogP contribution is -2.43. The van der Waals surface area contributed by atoms with Crippen molar-refractivity contribution < 1.29 is 31.8 Å². The molecule has 182 valence electrons. The molecular weight excluding hydrogens is 461 g/mol. The van der Waals surface area contributed by atoms with Gasteiger partial charge >= 0.3 is 12.8 Å². The van der Waals surface area contributed by atoms with E-state index in [9.17, 15) is 27.1 Å². The molecule has 0 spiro atoms. The Morgan fingerprint density at radius 3 is 2.74 bits per heavy atom. The van der Waals surface area contributed by atoms with Crippen LogP contribution in [-0.2, 0) is 10.9 Å². The van der Waals surface area contributed by atoms with Gasteiger partial charge in [-0.2, -0.15) is 22.0 Å². The summed E-state index contributed by atoms with van der Waals surface area (Å²) in [5, 5.41) is 23.1. The average Bonchev–Trinajstić information content (AvgIpc) is 2.79. The summed E-state index contributed by atoms with van der Waals surface area (Å²) < 4.78 is 67.7. The number of benzene rings is 1. The number of rotatable bonds is 7. The van der Waals surface area contributed by atoms with Crippen molar-refractivity contribution in [1.29, 1.82) is 0 Å². The van der Waals surface area contributed by atoms with Gasteiger partial charge in [0.15, 0.2) is 5.82 Å². The first-order valence-corrected chi connectivity index (χ1v) is 10.6. The van der Waals surface area contributed by atoms with Crippen LogP contribution in [0.2, 0.25) is 0 Å². The molecular formula is C22H22F5N5O2. The highest BCUT2D eigenvalue weighted by atomic mass is 19.4. The monoisotopic (exact) mass is 483 g/mol. The summed E-state index contributed by atoms with van der Waals surface area (Å²) in [4.78, 5) is 6.15. The quantitative estimate of drug-likeness (QED) is 0.478. The maximum atomic E-state index is 13.0. The number of phenols is 1. The van der Waals surface area contributed by atoms with Crippen LogP contribution in [0.4, 0.5) is 27.8 Å². The number of ether oxygens (including phenoxy) is 1. The maximum absolute atomic E-state index is 13.0. The fourth-order valence-electron chi connectivity index (χ4n) is 4.05. The number of halogens is 5. The van der Waals surface area contributed by atoms with Gasteiger partial charge in [0.05, 0.1) is 12.2 Å². The van der Waals surface area contributed by atoms with E-state index < -0.39 is 24.1 Å². The topological polar surface area (TPSA) is 83.4 Å². The number of phenolic OH excluding ortho intramolecular Hbond substituents is 1. The maximum Gasteiger partial charge on any atom is 0.416 e. The summed E-state index contributed by atoms with van der Waals surface area (Å²) in [6.45, 7) is -1.12. The minimum Gasteiger partial charge on any atom is -0.507 e. The number of aromatic nitrogens is 3. The second-order valence-electron chi connectivity index (χ2n) is 7.96. The van der Waals surface area contributed by atoms with Crippen LogP contribution in [0.1, 0.15) is 18.4 Å². The lowest BCUT2D eigenvalue weighted by Gasteiger charge is -2.33. The summed E-state index contributed by atoms with van der Waals surface area (Å²) >= 11 is 0. The predicted octanol–water partition coefficient (Wildman–Crippen LogP) is 4.53. The minimum absolute atomic E-state index is 0.0247. The van der Waals surface area contributed by atoms with Gasteiger partial charge in [0.1, 0.15) is 11.4 Å². The van der Waals surface area contributed by atoms with Crippen molar-refractivity contribution in [3.05, 3.63) is 42.2 Å². The van der Waals surface area contributed by atoms with E-state index in [-0.39, 0.29) is 23.9 Å². The molecule has 34 heavy (non-hydrogen) atoms. The number of likely N-dealkylation sites (tertiary alicyclic amines) is 1. The third kappa shape index (κ3) is 5.50. The highest BCUT2D eigenvalue weighted by Gasteiger charge is 2.31. The second kappa shape index (κ2) is 10.0. The molecule has 0 radical (unpaired) electrons. The van der Waals surface area contributed by atoms with Gasteiger partial charge < -0.3 is 15.2 Å². The van der Waals surface area contributed by atoms with E-state index in [2.05, 4.69) is 25.2 Å². The van der Waals surface area contributed by atoms with E-state index in [1.165, 1.54) is 6.20 Å². The highest BCUT2D eigenvalue weighted by Crippen LogP contribution is 2.38. The number of alkyl halides is 5. The number of hydrogen-bond acceptors (Lipinski definition) is 7. The van der Waals surface area contributed by atoms with Gasteiger partial charge in [-0.05, 0) is 43.7 Å². The summed E-state index contributed by atoms with van der Waals surface area (Å²) in [6.07, 6.45) is 0.184. The molecule has 4 rings (SSSR count). The highest BCUT2D eigenvalue weighted by molar-refractivity contribution is 6.00. The zero-order valence-electron chi connectivity index (χ0n) is 17.9. The van der Waals surface area contributed by atoms with Crippen molar-refractivity contribution in [2.45, 2.75) is 31.7 Å². The molecule has 1 aliphatic rings. The predicted molar refractivity (Wildman–Crippen MR) is 114 cm³/mol. The van der Waals surface area contributed by atoms with Crippen LogP contribution in [-0.4, -0.2) is 64.1 Å². The molecule has 3 aromatic rings. The Morgan fingerprint density at radius 2 is 2.00 bits per heavy atom. The Kier molecular flexibility index (Phi) is 7.08. The number of anilines is 1. The third-order valence-electron chi connectivity index (χ3n) is 5.66. The zero-order chi connectivity index (χ0) is 24.3. The number of nitrogens with one attached hydrogen (secondary N) is 1. The molecule has 3 heterocycles. The van der Waals surface area contributed by atoms with E-state index in [0.29, 0.717) is 35.7 Å². The van der Waals surface area contributed by atoms with Crippen molar-refractivity contribution in [1.82, 2.24) is 20.1 Å². The Balaban J connectivity index is 1.57. The second-order valence-corrected chi connectivity index (χ2v) is 7.96. The average molecular weight is 483 g/mol. The summed E-state index contributed by atoms with van der Waals surface area (Å²) in [6, 6.07) is 4.32. The first-order chi connectivity index (χ1) is 16.2. The molecule has 1 aliphatic heterocycles. The fraction of sp³-hybridized carbons (Fsp3) is 0.409. The van der Waals surface area contributed by atoms with Gasteiger partial charge in [-0.15, -0.1) is 10.2 Å². The van der Waals surface area contributed by atoms with Crippen molar-refractivity contribution in [3.63, 3.8) is 0 Å². The van der Waals surface area contributed by atoms with Gasteiger partial charge in [-0.3, -0.25) is 9.88 Å². The van der Waals surface area contributed by atoms with Crippen molar-refractivity contribution in [3.8, 4) is 17.0 Å². The van der Waals surface area contributed by atoms with Crippen molar-refractivity contribution in [2.75, 3.05) is 31.6 Å². The fourth-order valence-corrected chi connectivity index (χ4v) is 4.05. The molecule has 2 aromatic heterocycles. The first kappa shape index (κ1) is 24.0. The van der Waals surface area contributed by atoms with E-state index in [1.807, 2.05) is 4.90 Å². The van der Waals surface area contributed by atoms with E-state index in [1.54, 1.807) is 12.3 Å². The van der Waals surface area contributed by atoms with Crippen LogP contribution >= 0.6 is 0 Å². The molecule has 0 amide bonds. The molecule has 0 saturated carbocycles. The van der Waals surface area contributed by atoms with Crippen LogP contribution in [0.3, 0.4) is 0 Å². The van der Waals surface area contributed by atoms with Gasteiger partial charge in [-0.1, -0.05) is 0 Å². The number of piperidine rings is 1. The summed E-state index contributed by atoms with van der Waals surface area (Å²) in [5.41, 5.74) is -0.624. The standard InChI is InChI=1S/C22H22F5N5O2/c23-21(24)34-9-8-32-7-1-2-14(12-32)29-20-17-11-28-6-5-15(17)19(30-31-20)16-4-3-13(10-18(16)33)22(25,26)27/h3-6,10-11,14,21,33H,1-2,7-9,12H2,(H,29,31)/t14-/m1/s1. The summed E-state index contributed by atoms with van der Waals surface area (Å²) in [7, 11) is 0. The number of aromatic hydroxyl groups is 1. The minimum atomic E-state index is -4.58. The number of fused-ring (bicyclic) bond motifs is 1. The third-order valence-corrected chi connectivity index (χ3v) is 5.66. The number of hydrogen-bond donors (Lipinski definition) is 2. The lowest BCUT2D eigenvalue weighted by molar-refractivity contribution is -0.137. The number of nitrogens with zero attached hydrogens (tertiary/aromatic N) is 4. The van der Waals surface area contributed by atoms with Gasteiger partial charge in [0, 0.05) is 47.9 Å². The molecule has 0 bridgehead atoms. The zero-order valence-corrected chi connectivity index (χ0v) is 17.9. The van der Waals surface area contributed by atoms with E-state index in [0.717, 1.165) is 31.5 Å². The smallest absolute Gasteiger partial charge is 0.416 e. The normalized spacial score (nSPS) is 17.4. The Labute approximate surface area is 191 Å². The molecule has 1 atom stereocenters. The van der Waals surface area contributed by atoms with Crippen LogP contribution < -0.4 is 5.32 Å². The van der Waals surface area contributed by atoms with Gasteiger partial charge in [-0.25, -0.2) is 0 Å². The molecule has 2 N–H and O–H groups in total. The first-order valence-electron chi connectivity index (χ1n) is 10.6. The van der Waals surface area contributed by atoms with Crippen molar-refractivity contribution >= 4 is 16.6 Å². The molecule has 0 unspecified atom stereocenters. The Hall–Kier alpha value is -3.12. The molecule has 1 aromatic carbocycles. The van der Waals surface area contributed by atoms with E-state index in [4.69, 9.17) is 0 Å². The van der Waals surface area contributed by atoms with E-state index >= 15 is 0 Å². The van der Waals surface area contributed by atoms with Crippen LogP contribution in [0.5, 0.6) is 5.75 Å². The summed E-state index contributed by atoms with van der Waals surface area (Å²) in [5.74, 6) is -0.120. The van der Waals surface area contributed by atoms with Crippen LogP contribution in [0.25, 0.3) is 22.0 Å². The Bertz CT molecular complexity index is 1140. The van der Waals surface area contributed by atoms with Crippen molar-refractivity contribution in [2.24, 2.45) is 0 Å². The van der Waals surface area contributed by atoms with Crippen LogP contribution in [0.15, 0.2) is 36.7 Å².